The van der Waals surface area contributed by atoms with Crippen molar-refractivity contribution < 1.29 is 19.4 Å². The Labute approximate surface area is 166 Å². The third-order valence-corrected chi connectivity index (χ3v) is 5.37. The van der Waals surface area contributed by atoms with Crippen LogP contribution in [0.5, 0.6) is 5.75 Å². The van der Waals surface area contributed by atoms with Crippen LogP contribution in [0.25, 0.3) is 0 Å². The Bertz CT molecular complexity index is 757. The van der Waals surface area contributed by atoms with Crippen LogP contribution in [0.1, 0.15) is 42.1 Å². The molecule has 1 fully saturated rings. The van der Waals surface area contributed by atoms with Gasteiger partial charge in [-0.3, -0.25) is 4.79 Å². The predicted molar refractivity (Wildman–Crippen MR) is 110 cm³/mol. The molecule has 0 bridgehead atoms. The van der Waals surface area contributed by atoms with Gasteiger partial charge in [0.15, 0.2) is 0 Å². The first-order valence-corrected chi connectivity index (χ1v) is 9.89. The summed E-state index contributed by atoms with van der Waals surface area (Å²) in [6.07, 6.45) is 4.12. The van der Waals surface area contributed by atoms with E-state index < -0.39 is 0 Å². The number of benzene rings is 2. The molecule has 2 aromatic carbocycles. The molecule has 2 aromatic rings. The zero-order valence-corrected chi connectivity index (χ0v) is 16.6. The summed E-state index contributed by atoms with van der Waals surface area (Å²) in [6.45, 7) is 2.41. The molecule has 5 heteroatoms. The fourth-order valence-electron chi connectivity index (χ4n) is 3.70. The summed E-state index contributed by atoms with van der Waals surface area (Å²) in [7, 11) is 1.60. The SMILES string of the molecule is COc1ccc(C(=O)Nc2ccc(CC[C@H]3O[C@@H](CCO)C[C@H]3C)cc2)cc1. The minimum absolute atomic E-state index is 0.140. The second-order valence-electron chi connectivity index (χ2n) is 7.44. The van der Waals surface area contributed by atoms with Crippen molar-refractivity contribution in [2.75, 3.05) is 19.0 Å². The van der Waals surface area contributed by atoms with E-state index in [1.807, 2.05) is 12.1 Å². The number of aliphatic hydroxyl groups is 1. The molecule has 1 saturated heterocycles. The van der Waals surface area contributed by atoms with Crippen molar-refractivity contribution in [2.45, 2.75) is 44.8 Å². The lowest BCUT2D eigenvalue weighted by atomic mass is 9.96. The van der Waals surface area contributed by atoms with E-state index >= 15 is 0 Å². The number of aryl methyl sites for hydroxylation is 1. The fourth-order valence-corrected chi connectivity index (χ4v) is 3.70. The molecule has 28 heavy (non-hydrogen) atoms. The van der Waals surface area contributed by atoms with Gasteiger partial charge in [-0.25, -0.2) is 0 Å². The molecule has 5 nitrogen and oxygen atoms in total. The summed E-state index contributed by atoms with van der Waals surface area (Å²) in [6, 6.07) is 15.0. The molecule has 0 spiro atoms. The molecular weight excluding hydrogens is 354 g/mol. The summed E-state index contributed by atoms with van der Waals surface area (Å²) in [5.74, 6) is 1.11. The summed E-state index contributed by atoms with van der Waals surface area (Å²) < 4.78 is 11.2. The van der Waals surface area contributed by atoms with Gasteiger partial charge in [-0.2, -0.15) is 0 Å². The Balaban J connectivity index is 1.50. The molecule has 0 aromatic heterocycles. The van der Waals surface area contributed by atoms with Crippen molar-refractivity contribution in [3.05, 3.63) is 59.7 Å². The maximum absolute atomic E-state index is 12.3. The van der Waals surface area contributed by atoms with Gasteiger partial charge in [0.2, 0.25) is 0 Å². The molecule has 0 saturated carbocycles. The monoisotopic (exact) mass is 383 g/mol. The molecule has 0 aliphatic carbocycles. The van der Waals surface area contributed by atoms with Crippen molar-refractivity contribution in [2.24, 2.45) is 5.92 Å². The van der Waals surface area contributed by atoms with Crippen molar-refractivity contribution in [3.8, 4) is 5.75 Å². The standard InChI is InChI=1S/C23H29NO4/c1-16-15-21(13-14-25)28-22(16)12-5-17-3-8-19(9-4-17)24-23(26)18-6-10-20(27-2)11-7-18/h3-4,6-11,16,21-22,25H,5,12-15H2,1-2H3,(H,24,26)/t16-,21+,22-/m1/s1. The highest BCUT2D eigenvalue weighted by Crippen LogP contribution is 2.30. The van der Waals surface area contributed by atoms with Crippen LogP contribution in [-0.2, 0) is 11.2 Å². The van der Waals surface area contributed by atoms with Gasteiger partial charge in [-0.05, 0) is 73.6 Å². The van der Waals surface area contributed by atoms with Crippen molar-refractivity contribution in [3.63, 3.8) is 0 Å². The van der Waals surface area contributed by atoms with E-state index in [0.717, 1.165) is 37.1 Å². The summed E-state index contributed by atoms with van der Waals surface area (Å²) in [5.41, 5.74) is 2.59. The van der Waals surface area contributed by atoms with Crippen molar-refractivity contribution >= 4 is 11.6 Å². The third kappa shape index (κ3) is 5.33. The topological polar surface area (TPSA) is 67.8 Å². The molecule has 3 atom stereocenters. The Morgan fingerprint density at radius 3 is 2.50 bits per heavy atom. The molecule has 2 N–H and O–H groups in total. The normalized spacial score (nSPS) is 21.5. The number of aliphatic hydroxyl groups excluding tert-OH is 1. The highest BCUT2D eigenvalue weighted by atomic mass is 16.5. The predicted octanol–water partition coefficient (Wildman–Crippen LogP) is 4.06. The highest BCUT2D eigenvalue weighted by molar-refractivity contribution is 6.04. The van der Waals surface area contributed by atoms with Crippen LogP contribution in [0.4, 0.5) is 5.69 Å². The second kappa shape index (κ2) is 9.71. The molecule has 0 unspecified atom stereocenters. The highest BCUT2D eigenvalue weighted by Gasteiger charge is 2.31. The summed E-state index contributed by atoms with van der Waals surface area (Å²) in [5, 5.41) is 12.0. The van der Waals surface area contributed by atoms with E-state index in [0.29, 0.717) is 11.5 Å². The second-order valence-corrected chi connectivity index (χ2v) is 7.44. The van der Waals surface area contributed by atoms with E-state index in [4.69, 9.17) is 14.6 Å². The Morgan fingerprint density at radius 1 is 1.14 bits per heavy atom. The molecule has 150 valence electrons. The van der Waals surface area contributed by atoms with E-state index in [1.54, 1.807) is 31.4 Å². The Kier molecular flexibility index (Phi) is 7.06. The molecule has 1 heterocycles. The van der Waals surface area contributed by atoms with Gasteiger partial charge in [0, 0.05) is 17.9 Å². The first-order valence-electron chi connectivity index (χ1n) is 9.89. The minimum atomic E-state index is -0.140. The Morgan fingerprint density at radius 2 is 1.86 bits per heavy atom. The van der Waals surface area contributed by atoms with Crippen LogP contribution in [0.2, 0.25) is 0 Å². The van der Waals surface area contributed by atoms with Crippen LogP contribution >= 0.6 is 0 Å². The molecular formula is C23H29NO4. The number of amides is 1. The average molecular weight is 383 g/mol. The van der Waals surface area contributed by atoms with Crippen LogP contribution < -0.4 is 10.1 Å². The maximum atomic E-state index is 12.3. The summed E-state index contributed by atoms with van der Waals surface area (Å²) >= 11 is 0. The lowest BCUT2D eigenvalue weighted by Gasteiger charge is -2.15. The lowest BCUT2D eigenvalue weighted by molar-refractivity contribution is 0.0198. The molecule has 1 aliphatic rings. The fraction of sp³-hybridized carbons (Fsp3) is 0.435. The number of nitrogens with one attached hydrogen (secondary N) is 1. The largest absolute Gasteiger partial charge is 0.497 e. The zero-order valence-electron chi connectivity index (χ0n) is 16.6. The van der Waals surface area contributed by atoms with Gasteiger partial charge in [0.05, 0.1) is 19.3 Å². The third-order valence-electron chi connectivity index (χ3n) is 5.37. The van der Waals surface area contributed by atoms with Gasteiger partial charge in [-0.15, -0.1) is 0 Å². The van der Waals surface area contributed by atoms with Gasteiger partial charge in [0.1, 0.15) is 5.75 Å². The van der Waals surface area contributed by atoms with Gasteiger partial charge >= 0.3 is 0 Å². The molecule has 0 radical (unpaired) electrons. The molecule has 1 amide bonds. The average Bonchev–Trinajstić information content (AvgIpc) is 3.07. The van der Waals surface area contributed by atoms with Gasteiger partial charge in [-0.1, -0.05) is 19.1 Å². The number of ether oxygens (including phenoxy) is 2. The zero-order chi connectivity index (χ0) is 19.9. The summed E-state index contributed by atoms with van der Waals surface area (Å²) in [4.78, 5) is 12.3. The van der Waals surface area contributed by atoms with E-state index in [9.17, 15) is 4.79 Å². The lowest BCUT2D eigenvalue weighted by Crippen LogP contribution is -2.16. The smallest absolute Gasteiger partial charge is 0.255 e. The van der Waals surface area contributed by atoms with E-state index in [-0.39, 0.29) is 24.7 Å². The van der Waals surface area contributed by atoms with Gasteiger partial charge in [0.25, 0.3) is 5.91 Å². The number of carbonyl (C=O) groups excluding carboxylic acids is 1. The van der Waals surface area contributed by atoms with E-state index in [1.165, 1.54) is 5.56 Å². The van der Waals surface area contributed by atoms with Crippen LogP contribution in [-0.4, -0.2) is 36.9 Å². The Hall–Kier alpha value is -2.37. The first-order chi connectivity index (χ1) is 13.6. The number of hydrogen-bond donors (Lipinski definition) is 2. The van der Waals surface area contributed by atoms with E-state index in [2.05, 4.69) is 24.4 Å². The number of carbonyl (C=O) groups is 1. The molecule has 3 rings (SSSR count). The van der Waals surface area contributed by atoms with Gasteiger partial charge < -0.3 is 19.9 Å². The number of methoxy groups -OCH3 is 1. The van der Waals surface area contributed by atoms with Crippen LogP contribution in [0.3, 0.4) is 0 Å². The van der Waals surface area contributed by atoms with Crippen molar-refractivity contribution in [1.82, 2.24) is 0 Å². The molecule has 1 aliphatic heterocycles. The van der Waals surface area contributed by atoms with Crippen molar-refractivity contribution in [1.29, 1.82) is 0 Å². The number of anilines is 1. The number of hydrogen-bond acceptors (Lipinski definition) is 4. The minimum Gasteiger partial charge on any atom is -0.497 e. The number of rotatable bonds is 8. The van der Waals surface area contributed by atoms with Crippen LogP contribution in [0, 0.1) is 5.92 Å². The first kappa shape index (κ1) is 20.4. The quantitative estimate of drug-likeness (QED) is 0.721. The van der Waals surface area contributed by atoms with Crippen LogP contribution in [0.15, 0.2) is 48.5 Å². The maximum Gasteiger partial charge on any atom is 0.255 e.